The number of halogens is 3. The van der Waals surface area contributed by atoms with E-state index in [2.05, 4.69) is 21.2 Å². The highest BCUT2D eigenvalue weighted by Gasteiger charge is 2.08. The van der Waals surface area contributed by atoms with Gasteiger partial charge in [-0.15, -0.1) is 0 Å². The SMILES string of the molecule is COCc1c(Br)cccc1NCc1ccc(F)cc1F. The summed E-state index contributed by atoms with van der Waals surface area (Å²) in [6.07, 6.45) is 0. The molecule has 0 amide bonds. The largest absolute Gasteiger partial charge is 0.381 e. The molecular formula is C15H14BrF2NO. The van der Waals surface area contributed by atoms with E-state index in [9.17, 15) is 8.78 Å². The van der Waals surface area contributed by atoms with Gasteiger partial charge in [0.1, 0.15) is 11.6 Å². The molecule has 0 unspecified atom stereocenters. The molecule has 20 heavy (non-hydrogen) atoms. The van der Waals surface area contributed by atoms with Crippen molar-refractivity contribution in [3.8, 4) is 0 Å². The Morgan fingerprint density at radius 3 is 2.70 bits per heavy atom. The molecule has 2 nitrogen and oxygen atoms in total. The van der Waals surface area contributed by atoms with Crippen LogP contribution >= 0.6 is 15.9 Å². The average Bonchev–Trinajstić information content (AvgIpc) is 2.41. The highest BCUT2D eigenvalue weighted by Crippen LogP contribution is 2.26. The summed E-state index contributed by atoms with van der Waals surface area (Å²) in [5.74, 6) is -1.13. The minimum atomic E-state index is -0.575. The second kappa shape index (κ2) is 6.81. The van der Waals surface area contributed by atoms with E-state index in [1.54, 1.807) is 7.11 Å². The normalized spacial score (nSPS) is 10.6. The number of nitrogens with one attached hydrogen (secondary N) is 1. The highest BCUT2D eigenvalue weighted by atomic mass is 79.9. The van der Waals surface area contributed by atoms with Gasteiger partial charge in [-0.2, -0.15) is 0 Å². The maximum absolute atomic E-state index is 13.6. The summed E-state index contributed by atoms with van der Waals surface area (Å²) in [5, 5.41) is 3.14. The third-order valence-corrected chi connectivity index (χ3v) is 3.63. The van der Waals surface area contributed by atoms with Crippen molar-refractivity contribution in [3.63, 3.8) is 0 Å². The number of hydrogen-bond acceptors (Lipinski definition) is 2. The lowest BCUT2D eigenvalue weighted by Gasteiger charge is -2.13. The van der Waals surface area contributed by atoms with E-state index < -0.39 is 11.6 Å². The Kier molecular flexibility index (Phi) is 5.09. The fourth-order valence-corrected chi connectivity index (χ4v) is 2.35. The Morgan fingerprint density at radius 1 is 1.20 bits per heavy atom. The van der Waals surface area contributed by atoms with Crippen LogP contribution in [0, 0.1) is 11.6 Å². The maximum Gasteiger partial charge on any atom is 0.131 e. The van der Waals surface area contributed by atoms with Gasteiger partial charge in [-0.3, -0.25) is 0 Å². The minimum absolute atomic E-state index is 0.277. The van der Waals surface area contributed by atoms with Crippen molar-refractivity contribution in [1.29, 1.82) is 0 Å². The number of anilines is 1. The van der Waals surface area contributed by atoms with Crippen molar-refractivity contribution in [2.45, 2.75) is 13.2 Å². The van der Waals surface area contributed by atoms with Gasteiger partial charge >= 0.3 is 0 Å². The predicted octanol–water partition coefficient (Wildman–Crippen LogP) is 4.49. The Labute approximate surface area is 124 Å². The summed E-state index contributed by atoms with van der Waals surface area (Å²) < 4.78 is 32.5. The zero-order valence-electron chi connectivity index (χ0n) is 10.9. The third-order valence-electron chi connectivity index (χ3n) is 2.89. The van der Waals surface area contributed by atoms with Gasteiger partial charge in [0.15, 0.2) is 0 Å². The molecule has 0 aliphatic rings. The van der Waals surface area contributed by atoms with Crippen LogP contribution < -0.4 is 5.32 Å². The molecule has 2 rings (SSSR count). The molecule has 2 aromatic rings. The molecule has 0 heterocycles. The highest BCUT2D eigenvalue weighted by molar-refractivity contribution is 9.10. The Hall–Kier alpha value is -1.46. The van der Waals surface area contributed by atoms with Gasteiger partial charge in [0.2, 0.25) is 0 Å². The van der Waals surface area contributed by atoms with Crippen LogP contribution in [0.5, 0.6) is 0 Å². The van der Waals surface area contributed by atoms with E-state index in [0.717, 1.165) is 21.8 Å². The molecule has 0 spiro atoms. The fraction of sp³-hybridized carbons (Fsp3) is 0.200. The molecule has 0 saturated carbocycles. The van der Waals surface area contributed by atoms with Crippen LogP contribution in [0.4, 0.5) is 14.5 Å². The molecule has 0 radical (unpaired) electrons. The van der Waals surface area contributed by atoms with Crippen molar-refractivity contribution in [3.05, 3.63) is 63.6 Å². The Balaban J connectivity index is 2.16. The van der Waals surface area contributed by atoms with Gasteiger partial charge in [-0.25, -0.2) is 8.78 Å². The maximum atomic E-state index is 13.6. The number of hydrogen-bond donors (Lipinski definition) is 1. The third kappa shape index (κ3) is 3.55. The topological polar surface area (TPSA) is 21.3 Å². The molecule has 1 N–H and O–H groups in total. The van der Waals surface area contributed by atoms with Crippen molar-refractivity contribution >= 4 is 21.6 Å². The van der Waals surface area contributed by atoms with Gasteiger partial charge < -0.3 is 10.1 Å². The van der Waals surface area contributed by atoms with Crippen LogP contribution in [0.3, 0.4) is 0 Å². The lowest BCUT2D eigenvalue weighted by atomic mass is 10.1. The molecule has 0 bridgehead atoms. The van der Waals surface area contributed by atoms with E-state index in [1.807, 2.05) is 18.2 Å². The van der Waals surface area contributed by atoms with Crippen LogP contribution in [0.15, 0.2) is 40.9 Å². The average molecular weight is 342 g/mol. The molecule has 0 fully saturated rings. The number of ether oxygens (including phenoxy) is 1. The van der Waals surface area contributed by atoms with Crippen molar-refractivity contribution in [2.24, 2.45) is 0 Å². The number of rotatable bonds is 5. The Bertz CT molecular complexity index is 604. The smallest absolute Gasteiger partial charge is 0.131 e. The van der Waals surface area contributed by atoms with Crippen LogP contribution in [-0.2, 0) is 17.9 Å². The first-order chi connectivity index (χ1) is 9.61. The summed E-state index contributed by atoms with van der Waals surface area (Å²) in [4.78, 5) is 0. The first-order valence-corrected chi connectivity index (χ1v) is 6.85. The van der Waals surface area contributed by atoms with E-state index >= 15 is 0 Å². The fourth-order valence-electron chi connectivity index (χ4n) is 1.87. The van der Waals surface area contributed by atoms with Gasteiger partial charge in [0.05, 0.1) is 6.61 Å². The van der Waals surface area contributed by atoms with Gasteiger partial charge in [-0.05, 0) is 18.2 Å². The minimum Gasteiger partial charge on any atom is -0.381 e. The van der Waals surface area contributed by atoms with Crippen molar-refractivity contribution in [1.82, 2.24) is 0 Å². The van der Waals surface area contributed by atoms with Gasteiger partial charge in [0.25, 0.3) is 0 Å². The summed E-state index contributed by atoms with van der Waals surface area (Å²) in [5.41, 5.74) is 2.22. The van der Waals surface area contributed by atoms with Gasteiger partial charge in [0, 0.05) is 41.0 Å². The molecule has 2 aromatic carbocycles. The summed E-state index contributed by atoms with van der Waals surface area (Å²) >= 11 is 3.45. The molecule has 0 saturated heterocycles. The molecule has 0 aliphatic heterocycles. The van der Waals surface area contributed by atoms with E-state index in [1.165, 1.54) is 12.1 Å². The lowest BCUT2D eigenvalue weighted by molar-refractivity contribution is 0.185. The Morgan fingerprint density at radius 2 is 2.00 bits per heavy atom. The zero-order valence-corrected chi connectivity index (χ0v) is 12.5. The van der Waals surface area contributed by atoms with Crippen molar-refractivity contribution in [2.75, 3.05) is 12.4 Å². The number of methoxy groups -OCH3 is 1. The van der Waals surface area contributed by atoms with E-state index in [-0.39, 0.29) is 6.54 Å². The van der Waals surface area contributed by atoms with Crippen LogP contribution in [0.2, 0.25) is 0 Å². The number of benzene rings is 2. The molecule has 0 atom stereocenters. The van der Waals surface area contributed by atoms with Crippen molar-refractivity contribution < 1.29 is 13.5 Å². The van der Waals surface area contributed by atoms with Gasteiger partial charge in [-0.1, -0.05) is 28.1 Å². The van der Waals surface area contributed by atoms with Crippen LogP contribution in [0.1, 0.15) is 11.1 Å². The molecule has 106 valence electrons. The predicted molar refractivity (Wildman–Crippen MR) is 78.5 cm³/mol. The standard InChI is InChI=1S/C15H14BrF2NO/c1-20-9-12-13(16)3-2-4-15(12)19-8-10-5-6-11(17)7-14(10)18/h2-7,19H,8-9H2,1H3. The van der Waals surface area contributed by atoms with E-state index in [0.29, 0.717) is 12.2 Å². The van der Waals surface area contributed by atoms with Crippen LogP contribution in [0.25, 0.3) is 0 Å². The first-order valence-electron chi connectivity index (χ1n) is 6.06. The molecule has 0 aliphatic carbocycles. The zero-order chi connectivity index (χ0) is 14.5. The van der Waals surface area contributed by atoms with E-state index in [4.69, 9.17) is 4.74 Å². The molecule has 0 aromatic heterocycles. The second-order valence-corrected chi connectivity index (χ2v) is 5.14. The summed E-state index contributed by atoms with van der Waals surface area (Å²) in [6.45, 7) is 0.717. The van der Waals surface area contributed by atoms with Crippen LogP contribution in [-0.4, -0.2) is 7.11 Å². The quantitative estimate of drug-likeness (QED) is 0.865. The second-order valence-electron chi connectivity index (χ2n) is 4.29. The molecule has 5 heteroatoms. The monoisotopic (exact) mass is 341 g/mol. The molecular weight excluding hydrogens is 328 g/mol. The lowest BCUT2D eigenvalue weighted by Crippen LogP contribution is -2.05. The summed E-state index contributed by atoms with van der Waals surface area (Å²) in [6, 6.07) is 9.25. The summed E-state index contributed by atoms with van der Waals surface area (Å²) in [7, 11) is 1.61. The first kappa shape index (κ1) is 14.9.